The van der Waals surface area contributed by atoms with Crippen molar-refractivity contribution >= 4 is 21.6 Å². The number of hydrogen-bond donors (Lipinski definition) is 1. The van der Waals surface area contributed by atoms with Crippen LogP contribution >= 0.6 is 11.3 Å². The van der Waals surface area contributed by atoms with E-state index in [9.17, 15) is 0 Å². The number of thiazole rings is 1. The van der Waals surface area contributed by atoms with E-state index in [-0.39, 0.29) is 0 Å². The highest BCUT2D eigenvalue weighted by Crippen LogP contribution is 2.22. The molecule has 18 heavy (non-hydrogen) atoms. The molecule has 0 amide bonds. The van der Waals surface area contributed by atoms with Crippen LogP contribution in [0.2, 0.25) is 0 Å². The molecule has 1 N–H and O–H groups in total. The van der Waals surface area contributed by atoms with Gasteiger partial charge in [0, 0.05) is 25.8 Å². The lowest BCUT2D eigenvalue weighted by molar-refractivity contribution is 0.0776. The molecule has 3 rings (SSSR count). The first-order valence-electron chi connectivity index (χ1n) is 6.48. The van der Waals surface area contributed by atoms with E-state index >= 15 is 0 Å². The van der Waals surface area contributed by atoms with Gasteiger partial charge in [-0.2, -0.15) is 0 Å². The first kappa shape index (κ1) is 12.1. The van der Waals surface area contributed by atoms with Gasteiger partial charge < -0.3 is 10.1 Å². The standard InChI is InChI=1S/C14H18N2OS/c1-10-16-13-8-11(2-3-14(13)18-10)9-15-12-4-6-17-7-5-12/h2-3,8,12,15H,4-7,9H2,1H3. The van der Waals surface area contributed by atoms with E-state index in [1.165, 1.54) is 10.3 Å². The van der Waals surface area contributed by atoms with Crippen molar-refractivity contribution in [3.8, 4) is 0 Å². The molecule has 1 aliphatic rings. The van der Waals surface area contributed by atoms with E-state index in [2.05, 4.69) is 35.4 Å². The van der Waals surface area contributed by atoms with Gasteiger partial charge in [-0.1, -0.05) is 6.07 Å². The summed E-state index contributed by atoms with van der Waals surface area (Å²) in [4.78, 5) is 4.54. The largest absolute Gasteiger partial charge is 0.381 e. The zero-order valence-corrected chi connectivity index (χ0v) is 11.4. The van der Waals surface area contributed by atoms with Gasteiger partial charge in [0.05, 0.1) is 15.2 Å². The molecule has 0 radical (unpaired) electrons. The molecule has 3 nitrogen and oxygen atoms in total. The summed E-state index contributed by atoms with van der Waals surface area (Å²) >= 11 is 1.76. The number of nitrogens with one attached hydrogen (secondary N) is 1. The molecule has 1 fully saturated rings. The van der Waals surface area contributed by atoms with E-state index in [1.54, 1.807) is 11.3 Å². The van der Waals surface area contributed by atoms with Crippen molar-refractivity contribution in [1.29, 1.82) is 0 Å². The van der Waals surface area contributed by atoms with Crippen molar-refractivity contribution in [3.05, 3.63) is 28.8 Å². The maximum absolute atomic E-state index is 5.36. The van der Waals surface area contributed by atoms with Crippen LogP contribution in [-0.2, 0) is 11.3 Å². The summed E-state index contributed by atoms with van der Waals surface area (Å²) in [6, 6.07) is 7.19. The first-order chi connectivity index (χ1) is 8.81. The predicted molar refractivity (Wildman–Crippen MR) is 75.0 cm³/mol. The molecule has 96 valence electrons. The Balaban J connectivity index is 1.66. The number of hydrogen-bond acceptors (Lipinski definition) is 4. The number of rotatable bonds is 3. The molecule has 1 aromatic heterocycles. The van der Waals surface area contributed by atoms with Crippen molar-refractivity contribution in [1.82, 2.24) is 10.3 Å². The maximum Gasteiger partial charge on any atom is 0.0907 e. The summed E-state index contributed by atoms with van der Waals surface area (Å²) in [6.07, 6.45) is 2.25. The first-order valence-corrected chi connectivity index (χ1v) is 7.30. The minimum absolute atomic E-state index is 0.603. The monoisotopic (exact) mass is 262 g/mol. The van der Waals surface area contributed by atoms with Crippen molar-refractivity contribution < 1.29 is 4.74 Å². The molecule has 4 heteroatoms. The van der Waals surface area contributed by atoms with E-state index in [1.807, 2.05) is 0 Å². The van der Waals surface area contributed by atoms with Crippen LogP contribution < -0.4 is 5.32 Å². The fraction of sp³-hybridized carbons (Fsp3) is 0.500. The van der Waals surface area contributed by atoms with Crippen LogP contribution in [0.5, 0.6) is 0 Å². The number of ether oxygens (including phenoxy) is 1. The highest BCUT2D eigenvalue weighted by molar-refractivity contribution is 7.18. The Bertz CT molecular complexity index is 532. The van der Waals surface area contributed by atoms with Crippen LogP contribution in [0.4, 0.5) is 0 Å². The van der Waals surface area contributed by atoms with Gasteiger partial charge in [-0.3, -0.25) is 0 Å². The third kappa shape index (κ3) is 2.71. The van der Waals surface area contributed by atoms with E-state index in [0.717, 1.165) is 43.1 Å². The van der Waals surface area contributed by atoms with Crippen LogP contribution in [-0.4, -0.2) is 24.2 Å². The van der Waals surface area contributed by atoms with Gasteiger partial charge in [0.2, 0.25) is 0 Å². The van der Waals surface area contributed by atoms with E-state index in [4.69, 9.17) is 4.74 Å². The minimum atomic E-state index is 0.603. The molecule has 0 spiro atoms. The molecule has 0 atom stereocenters. The Morgan fingerprint density at radius 1 is 1.39 bits per heavy atom. The highest BCUT2D eigenvalue weighted by atomic mass is 32.1. The topological polar surface area (TPSA) is 34.2 Å². The zero-order chi connectivity index (χ0) is 12.4. The molecular formula is C14H18N2OS. The van der Waals surface area contributed by atoms with Crippen LogP contribution in [0, 0.1) is 6.92 Å². The fourth-order valence-electron chi connectivity index (χ4n) is 2.36. The molecule has 2 aromatic rings. The second-order valence-electron chi connectivity index (χ2n) is 4.80. The van der Waals surface area contributed by atoms with Gasteiger partial charge in [-0.25, -0.2) is 4.98 Å². The molecule has 0 bridgehead atoms. The van der Waals surface area contributed by atoms with Gasteiger partial charge >= 0.3 is 0 Å². The molecule has 0 aliphatic carbocycles. The molecule has 0 unspecified atom stereocenters. The van der Waals surface area contributed by atoms with Gasteiger partial charge in [-0.05, 0) is 37.5 Å². The van der Waals surface area contributed by atoms with Gasteiger partial charge in [0.1, 0.15) is 0 Å². The average Bonchev–Trinajstić information content (AvgIpc) is 2.77. The van der Waals surface area contributed by atoms with Gasteiger partial charge in [0.25, 0.3) is 0 Å². The quantitative estimate of drug-likeness (QED) is 0.923. The normalized spacial score (nSPS) is 17.4. The Kier molecular flexibility index (Phi) is 3.59. The lowest BCUT2D eigenvalue weighted by Crippen LogP contribution is -2.34. The molecule has 1 aliphatic heterocycles. The van der Waals surface area contributed by atoms with Gasteiger partial charge in [0.15, 0.2) is 0 Å². The second-order valence-corrected chi connectivity index (χ2v) is 6.04. The summed E-state index contributed by atoms with van der Waals surface area (Å²) in [6.45, 7) is 4.77. The van der Waals surface area contributed by atoms with Crippen molar-refractivity contribution in [2.45, 2.75) is 32.4 Å². The van der Waals surface area contributed by atoms with Crippen molar-refractivity contribution in [3.63, 3.8) is 0 Å². The Morgan fingerprint density at radius 3 is 3.06 bits per heavy atom. The molecule has 2 heterocycles. The van der Waals surface area contributed by atoms with Crippen LogP contribution in [0.1, 0.15) is 23.4 Å². The average molecular weight is 262 g/mol. The van der Waals surface area contributed by atoms with E-state index < -0.39 is 0 Å². The molecule has 1 aromatic carbocycles. The lowest BCUT2D eigenvalue weighted by Gasteiger charge is -2.23. The number of fused-ring (bicyclic) bond motifs is 1. The van der Waals surface area contributed by atoms with E-state index in [0.29, 0.717) is 6.04 Å². The summed E-state index contributed by atoms with van der Waals surface area (Å²) in [5.74, 6) is 0. The van der Waals surface area contributed by atoms with Crippen LogP contribution in [0.15, 0.2) is 18.2 Å². The SMILES string of the molecule is Cc1nc2cc(CNC3CCOCC3)ccc2s1. The number of nitrogens with zero attached hydrogens (tertiary/aromatic N) is 1. The molecular weight excluding hydrogens is 244 g/mol. The van der Waals surface area contributed by atoms with Crippen LogP contribution in [0.3, 0.4) is 0 Å². The van der Waals surface area contributed by atoms with Crippen LogP contribution in [0.25, 0.3) is 10.2 Å². The number of aryl methyl sites for hydroxylation is 1. The van der Waals surface area contributed by atoms with Gasteiger partial charge in [-0.15, -0.1) is 11.3 Å². The van der Waals surface area contributed by atoms with Crippen molar-refractivity contribution in [2.24, 2.45) is 0 Å². The zero-order valence-electron chi connectivity index (χ0n) is 10.6. The Morgan fingerprint density at radius 2 is 2.22 bits per heavy atom. The number of aromatic nitrogens is 1. The molecule has 0 saturated carbocycles. The summed E-state index contributed by atoms with van der Waals surface area (Å²) in [5, 5.41) is 4.74. The summed E-state index contributed by atoms with van der Waals surface area (Å²) in [7, 11) is 0. The smallest absolute Gasteiger partial charge is 0.0907 e. The Labute approximate surface area is 111 Å². The lowest BCUT2D eigenvalue weighted by atomic mass is 10.1. The van der Waals surface area contributed by atoms with Crippen molar-refractivity contribution in [2.75, 3.05) is 13.2 Å². The highest BCUT2D eigenvalue weighted by Gasteiger charge is 2.12. The minimum Gasteiger partial charge on any atom is -0.381 e. The third-order valence-corrected chi connectivity index (χ3v) is 4.33. The molecule has 1 saturated heterocycles. The fourth-order valence-corrected chi connectivity index (χ4v) is 3.17. The maximum atomic E-state index is 5.36. The summed E-state index contributed by atoms with van der Waals surface area (Å²) in [5.41, 5.74) is 2.45. The third-order valence-electron chi connectivity index (χ3n) is 3.38. The second kappa shape index (κ2) is 5.34. The Hall–Kier alpha value is -0.970. The number of benzene rings is 1. The summed E-state index contributed by atoms with van der Waals surface area (Å²) < 4.78 is 6.64. The predicted octanol–water partition coefficient (Wildman–Crippen LogP) is 2.87.